The average Bonchev–Trinajstić information content (AvgIpc) is 2.31. The summed E-state index contributed by atoms with van der Waals surface area (Å²) >= 11 is 3.49. The summed E-state index contributed by atoms with van der Waals surface area (Å²) in [6.07, 6.45) is 6.08. The van der Waals surface area contributed by atoms with Crippen LogP contribution in [0.5, 0.6) is 0 Å². The van der Waals surface area contributed by atoms with Crippen LogP contribution in [0.4, 0.5) is 0 Å². The molecule has 0 unspecified atom stereocenters. The third kappa shape index (κ3) is 3.35. The molecule has 98 valence electrons. The number of carbonyl (C=O) groups excluding carboxylic acids is 1. The van der Waals surface area contributed by atoms with E-state index in [1.54, 1.807) is 0 Å². The van der Waals surface area contributed by atoms with E-state index in [1.165, 1.54) is 19.3 Å². The highest BCUT2D eigenvalue weighted by atomic mass is 79.9. The molecule has 1 amide bonds. The van der Waals surface area contributed by atoms with Crippen LogP contribution in [0.3, 0.4) is 0 Å². The lowest BCUT2D eigenvalue weighted by atomic mass is 10.1. The van der Waals surface area contributed by atoms with Gasteiger partial charge in [-0.3, -0.25) is 4.79 Å². The molecule has 1 saturated heterocycles. The highest BCUT2D eigenvalue weighted by Gasteiger charge is 2.18. The standard InChI is InChI=1S/C15H20BrNO/c1-12-7-8-14(16)13(11-12)15(18)17-9-5-3-2-4-6-10-17/h7-8,11H,2-6,9-10H2,1H3. The molecule has 0 N–H and O–H groups in total. The second kappa shape index (κ2) is 6.37. The van der Waals surface area contributed by atoms with Crippen molar-refractivity contribution in [3.05, 3.63) is 33.8 Å². The van der Waals surface area contributed by atoms with Gasteiger partial charge in [0.1, 0.15) is 0 Å². The molecule has 0 saturated carbocycles. The first-order valence-corrected chi connectivity index (χ1v) is 7.53. The quantitative estimate of drug-likeness (QED) is 0.762. The number of aryl methyl sites for hydroxylation is 1. The summed E-state index contributed by atoms with van der Waals surface area (Å²) in [5.74, 6) is 0.174. The second-order valence-electron chi connectivity index (χ2n) is 5.04. The predicted molar refractivity (Wildman–Crippen MR) is 77.9 cm³/mol. The van der Waals surface area contributed by atoms with E-state index in [1.807, 2.05) is 30.0 Å². The number of halogens is 1. The van der Waals surface area contributed by atoms with Gasteiger partial charge < -0.3 is 4.90 Å². The van der Waals surface area contributed by atoms with E-state index in [9.17, 15) is 4.79 Å². The molecule has 0 spiro atoms. The highest BCUT2D eigenvalue weighted by molar-refractivity contribution is 9.10. The molecule has 1 aromatic rings. The Morgan fingerprint density at radius 1 is 1.11 bits per heavy atom. The first kappa shape index (κ1) is 13.6. The Hall–Kier alpha value is -0.830. The normalized spacial score (nSPS) is 17.1. The van der Waals surface area contributed by atoms with Crippen LogP contribution in [0.25, 0.3) is 0 Å². The fourth-order valence-corrected chi connectivity index (χ4v) is 2.84. The fraction of sp³-hybridized carbons (Fsp3) is 0.533. The highest BCUT2D eigenvalue weighted by Crippen LogP contribution is 2.21. The number of likely N-dealkylation sites (tertiary alicyclic amines) is 1. The van der Waals surface area contributed by atoms with Crippen LogP contribution < -0.4 is 0 Å². The van der Waals surface area contributed by atoms with Gasteiger partial charge in [0.2, 0.25) is 0 Å². The predicted octanol–water partition coefficient (Wildman–Crippen LogP) is 4.16. The molecule has 0 atom stereocenters. The summed E-state index contributed by atoms with van der Waals surface area (Å²) in [6, 6.07) is 5.96. The second-order valence-corrected chi connectivity index (χ2v) is 5.90. The first-order valence-electron chi connectivity index (χ1n) is 6.74. The van der Waals surface area contributed by atoms with Crippen molar-refractivity contribution >= 4 is 21.8 Å². The van der Waals surface area contributed by atoms with Gasteiger partial charge >= 0.3 is 0 Å². The molecule has 0 radical (unpaired) electrons. The lowest BCUT2D eigenvalue weighted by Crippen LogP contribution is -2.34. The number of amides is 1. The maximum Gasteiger partial charge on any atom is 0.255 e. The van der Waals surface area contributed by atoms with Gasteiger partial charge in [-0.15, -0.1) is 0 Å². The van der Waals surface area contributed by atoms with E-state index in [4.69, 9.17) is 0 Å². The van der Waals surface area contributed by atoms with Gasteiger partial charge in [0.25, 0.3) is 5.91 Å². The summed E-state index contributed by atoms with van der Waals surface area (Å²) in [5, 5.41) is 0. The number of nitrogens with zero attached hydrogens (tertiary/aromatic N) is 1. The van der Waals surface area contributed by atoms with Crippen LogP contribution in [-0.4, -0.2) is 23.9 Å². The third-order valence-corrected chi connectivity index (χ3v) is 4.19. The number of benzene rings is 1. The Morgan fingerprint density at radius 2 is 1.72 bits per heavy atom. The summed E-state index contributed by atoms with van der Waals surface area (Å²) in [5.41, 5.74) is 1.93. The number of carbonyl (C=O) groups is 1. The topological polar surface area (TPSA) is 20.3 Å². The van der Waals surface area contributed by atoms with Gasteiger partial charge in [0.15, 0.2) is 0 Å². The van der Waals surface area contributed by atoms with Crippen molar-refractivity contribution in [2.45, 2.75) is 39.0 Å². The van der Waals surface area contributed by atoms with Crippen LogP contribution >= 0.6 is 15.9 Å². The fourth-order valence-electron chi connectivity index (χ4n) is 2.42. The Balaban J connectivity index is 2.15. The number of hydrogen-bond donors (Lipinski definition) is 0. The SMILES string of the molecule is Cc1ccc(Br)c(C(=O)N2CCCCCCC2)c1. The van der Waals surface area contributed by atoms with Crippen molar-refractivity contribution < 1.29 is 4.79 Å². The van der Waals surface area contributed by atoms with Crippen LogP contribution in [0, 0.1) is 6.92 Å². The van der Waals surface area contributed by atoms with Crippen molar-refractivity contribution in [3.8, 4) is 0 Å². The minimum atomic E-state index is 0.174. The van der Waals surface area contributed by atoms with E-state index in [2.05, 4.69) is 15.9 Å². The molecule has 2 rings (SSSR count). The molecule has 0 aliphatic carbocycles. The maximum absolute atomic E-state index is 12.5. The zero-order valence-electron chi connectivity index (χ0n) is 10.9. The molecule has 3 heteroatoms. The van der Waals surface area contributed by atoms with Gasteiger partial charge in [0.05, 0.1) is 5.56 Å². The summed E-state index contributed by atoms with van der Waals surface area (Å²) in [4.78, 5) is 14.5. The van der Waals surface area contributed by atoms with E-state index in [0.29, 0.717) is 0 Å². The minimum absolute atomic E-state index is 0.174. The van der Waals surface area contributed by atoms with E-state index < -0.39 is 0 Å². The maximum atomic E-state index is 12.5. The average molecular weight is 310 g/mol. The van der Waals surface area contributed by atoms with E-state index >= 15 is 0 Å². The molecule has 1 aromatic carbocycles. The zero-order valence-corrected chi connectivity index (χ0v) is 12.5. The van der Waals surface area contributed by atoms with Crippen LogP contribution in [0.1, 0.15) is 48.0 Å². The minimum Gasteiger partial charge on any atom is -0.339 e. The summed E-state index contributed by atoms with van der Waals surface area (Å²) in [6.45, 7) is 3.83. The molecule has 1 aliphatic rings. The Kier molecular flexibility index (Phi) is 4.81. The van der Waals surface area contributed by atoms with Gasteiger partial charge in [-0.05, 0) is 47.8 Å². The molecule has 1 heterocycles. The van der Waals surface area contributed by atoms with Crippen molar-refractivity contribution in [2.24, 2.45) is 0 Å². The smallest absolute Gasteiger partial charge is 0.255 e. The molecular weight excluding hydrogens is 290 g/mol. The largest absolute Gasteiger partial charge is 0.339 e. The van der Waals surface area contributed by atoms with Crippen molar-refractivity contribution in [1.82, 2.24) is 4.90 Å². The van der Waals surface area contributed by atoms with Gasteiger partial charge in [0, 0.05) is 17.6 Å². The lowest BCUT2D eigenvalue weighted by Gasteiger charge is -2.25. The van der Waals surface area contributed by atoms with Gasteiger partial charge in [-0.1, -0.05) is 30.9 Å². The first-order chi connectivity index (χ1) is 8.68. The van der Waals surface area contributed by atoms with Gasteiger partial charge in [-0.2, -0.15) is 0 Å². The summed E-state index contributed by atoms with van der Waals surface area (Å²) in [7, 11) is 0. The van der Waals surface area contributed by atoms with Crippen LogP contribution in [0.2, 0.25) is 0 Å². The number of hydrogen-bond acceptors (Lipinski definition) is 1. The van der Waals surface area contributed by atoms with Crippen LogP contribution in [0.15, 0.2) is 22.7 Å². The lowest BCUT2D eigenvalue weighted by molar-refractivity contribution is 0.0741. The van der Waals surface area contributed by atoms with Crippen molar-refractivity contribution in [2.75, 3.05) is 13.1 Å². The molecule has 18 heavy (non-hydrogen) atoms. The van der Waals surface area contributed by atoms with E-state index in [-0.39, 0.29) is 5.91 Å². The molecule has 1 aliphatic heterocycles. The van der Waals surface area contributed by atoms with Gasteiger partial charge in [-0.25, -0.2) is 0 Å². The van der Waals surface area contributed by atoms with Crippen molar-refractivity contribution in [3.63, 3.8) is 0 Å². The van der Waals surface area contributed by atoms with E-state index in [0.717, 1.165) is 41.5 Å². The molecule has 0 bridgehead atoms. The Morgan fingerprint density at radius 3 is 2.39 bits per heavy atom. The Bertz CT molecular complexity index is 423. The monoisotopic (exact) mass is 309 g/mol. The third-order valence-electron chi connectivity index (χ3n) is 3.50. The van der Waals surface area contributed by atoms with Crippen LogP contribution in [-0.2, 0) is 0 Å². The molecule has 1 fully saturated rings. The zero-order chi connectivity index (χ0) is 13.0. The molecular formula is C15H20BrNO. The number of rotatable bonds is 1. The molecule has 2 nitrogen and oxygen atoms in total. The summed E-state index contributed by atoms with van der Waals surface area (Å²) < 4.78 is 0.903. The Labute approximate surface area is 117 Å². The van der Waals surface area contributed by atoms with Crippen molar-refractivity contribution in [1.29, 1.82) is 0 Å². The molecule has 0 aromatic heterocycles.